The molecule has 1 aromatic carbocycles. The first-order chi connectivity index (χ1) is 10.1. The zero-order valence-corrected chi connectivity index (χ0v) is 13.6. The molecule has 0 spiro atoms. The Kier molecular flexibility index (Phi) is 5.43. The van der Waals surface area contributed by atoms with Gasteiger partial charge in [0.1, 0.15) is 0 Å². The fraction of sp³-hybridized carbons (Fsp3) is 0.500. The third-order valence-corrected chi connectivity index (χ3v) is 3.69. The minimum absolute atomic E-state index is 0.445. The molecule has 3 heteroatoms. The van der Waals surface area contributed by atoms with Crippen LogP contribution < -0.4 is 5.32 Å². The molecule has 0 aliphatic rings. The molecule has 0 aliphatic carbocycles. The van der Waals surface area contributed by atoms with Gasteiger partial charge in [-0.1, -0.05) is 44.2 Å². The van der Waals surface area contributed by atoms with E-state index in [1.807, 2.05) is 0 Å². The Hall–Kier alpha value is -1.77. The smallest absolute Gasteiger partial charge is 0.203 e. The Morgan fingerprint density at radius 3 is 2.52 bits per heavy atom. The molecule has 3 nitrogen and oxygen atoms in total. The minimum atomic E-state index is 0.445. The highest BCUT2D eigenvalue weighted by Crippen LogP contribution is 2.21. The van der Waals surface area contributed by atoms with Crippen LogP contribution in [0.1, 0.15) is 44.5 Å². The van der Waals surface area contributed by atoms with Crippen LogP contribution in [0.4, 0.5) is 5.95 Å². The summed E-state index contributed by atoms with van der Waals surface area (Å²) < 4.78 is 2.28. The predicted octanol–water partition coefficient (Wildman–Crippen LogP) is 4.45. The molecule has 1 N–H and O–H groups in total. The molecule has 0 fully saturated rings. The van der Waals surface area contributed by atoms with Crippen molar-refractivity contribution in [2.45, 2.75) is 46.6 Å². The van der Waals surface area contributed by atoms with Crippen molar-refractivity contribution in [1.82, 2.24) is 9.55 Å². The normalized spacial score (nSPS) is 12.6. The Bertz CT molecular complexity index is 543. The SMILES string of the molecule is Cc1cn(C(C)CCc2ccccc2)c(NCC(C)C)n1. The second kappa shape index (κ2) is 7.30. The Morgan fingerprint density at radius 2 is 1.86 bits per heavy atom. The third kappa shape index (κ3) is 4.62. The highest BCUT2D eigenvalue weighted by molar-refractivity contribution is 5.29. The van der Waals surface area contributed by atoms with Crippen LogP contribution in [0.5, 0.6) is 0 Å². The van der Waals surface area contributed by atoms with Gasteiger partial charge in [-0.05, 0) is 38.2 Å². The van der Waals surface area contributed by atoms with Crippen LogP contribution in [0.3, 0.4) is 0 Å². The molecular formula is C18H27N3. The van der Waals surface area contributed by atoms with Crippen molar-refractivity contribution in [2.75, 3.05) is 11.9 Å². The summed E-state index contributed by atoms with van der Waals surface area (Å²) in [6.45, 7) is 9.71. The Labute approximate surface area is 128 Å². The first-order valence-electron chi connectivity index (χ1n) is 7.89. The van der Waals surface area contributed by atoms with Crippen molar-refractivity contribution < 1.29 is 0 Å². The van der Waals surface area contributed by atoms with Crippen LogP contribution in [0.15, 0.2) is 36.5 Å². The second-order valence-corrected chi connectivity index (χ2v) is 6.26. The van der Waals surface area contributed by atoms with E-state index in [1.165, 1.54) is 5.56 Å². The maximum atomic E-state index is 4.61. The van der Waals surface area contributed by atoms with Crippen LogP contribution in [0.25, 0.3) is 0 Å². The lowest BCUT2D eigenvalue weighted by atomic mass is 10.1. The van der Waals surface area contributed by atoms with Gasteiger partial charge in [-0.15, -0.1) is 0 Å². The van der Waals surface area contributed by atoms with Crippen LogP contribution >= 0.6 is 0 Å². The van der Waals surface area contributed by atoms with Gasteiger partial charge in [0, 0.05) is 18.8 Å². The molecule has 0 amide bonds. The average Bonchev–Trinajstić information content (AvgIpc) is 2.85. The molecular weight excluding hydrogens is 258 g/mol. The number of anilines is 1. The number of hydrogen-bond acceptors (Lipinski definition) is 2. The number of imidazole rings is 1. The molecule has 0 bridgehead atoms. The number of benzene rings is 1. The summed E-state index contributed by atoms with van der Waals surface area (Å²) in [6.07, 6.45) is 4.37. The topological polar surface area (TPSA) is 29.9 Å². The van der Waals surface area contributed by atoms with E-state index in [4.69, 9.17) is 0 Å². The summed E-state index contributed by atoms with van der Waals surface area (Å²) in [5, 5.41) is 3.46. The van der Waals surface area contributed by atoms with E-state index in [0.29, 0.717) is 12.0 Å². The summed E-state index contributed by atoms with van der Waals surface area (Å²) in [5.74, 6) is 1.62. The van der Waals surface area contributed by atoms with E-state index in [0.717, 1.165) is 31.0 Å². The maximum Gasteiger partial charge on any atom is 0.203 e. The van der Waals surface area contributed by atoms with Crippen LogP contribution in [-0.2, 0) is 6.42 Å². The number of aromatic nitrogens is 2. The lowest BCUT2D eigenvalue weighted by Crippen LogP contribution is -2.15. The van der Waals surface area contributed by atoms with Crippen LogP contribution in [0.2, 0.25) is 0 Å². The van der Waals surface area contributed by atoms with Gasteiger partial charge >= 0.3 is 0 Å². The van der Waals surface area contributed by atoms with E-state index in [9.17, 15) is 0 Å². The highest BCUT2D eigenvalue weighted by atomic mass is 15.2. The van der Waals surface area contributed by atoms with Gasteiger partial charge in [-0.3, -0.25) is 0 Å². The molecule has 21 heavy (non-hydrogen) atoms. The Balaban J connectivity index is 1.99. The first-order valence-corrected chi connectivity index (χ1v) is 7.89. The number of nitrogens with zero attached hydrogens (tertiary/aromatic N) is 2. The van der Waals surface area contributed by atoms with E-state index >= 15 is 0 Å². The zero-order valence-electron chi connectivity index (χ0n) is 13.6. The summed E-state index contributed by atoms with van der Waals surface area (Å²) in [4.78, 5) is 4.61. The van der Waals surface area contributed by atoms with Gasteiger partial charge in [-0.2, -0.15) is 0 Å². The fourth-order valence-corrected chi connectivity index (χ4v) is 2.44. The van der Waals surface area contributed by atoms with Crippen molar-refractivity contribution in [3.05, 3.63) is 47.8 Å². The predicted molar refractivity (Wildman–Crippen MR) is 89.8 cm³/mol. The summed E-state index contributed by atoms with van der Waals surface area (Å²) in [5.41, 5.74) is 2.48. The summed E-state index contributed by atoms with van der Waals surface area (Å²) >= 11 is 0. The van der Waals surface area contributed by atoms with Gasteiger partial charge in [0.15, 0.2) is 0 Å². The van der Waals surface area contributed by atoms with E-state index in [1.54, 1.807) is 0 Å². The number of rotatable bonds is 7. The van der Waals surface area contributed by atoms with Crippen molar-refractivity contribution in [1.29, 1.82) is 0 Å². The molecule has 2 rings (SSSR count). The van der Waals surface area contributed by atoms with Crippen molar-refractivity contribution in [3.63, 3.8) is 0 Å². The van der Waals surface area contributed by atoms with Gasteiger partial charge < -0.3 is 9.88 Å². The molecule has 1 heterocycles. The van der Waals surface area contributed by atoms with Crippen molar-refractivity contribution in [3.8, 4) is 0 Å². The minimum Gasteiger partial charge on any atom is -0.355 e. The van der Waals surface area contributed by atoms with Crippen molar-refractivity contribution >= 4 is 5.95 Å². The van der Waals surface area contributed by atoms with Crippen LogP contribution in [0, 0.1) is 12.8 Å². The van der Waals surface area contributed by atoms with Gasteiger partial charge in [0.2, 0.25) is 5.95 Å². The fourth-order valence-electron chi connectivity index (χ4n) is 2.44. The molecule has 0 aliphatic heterocycles. The van der Waals surface area contributed by atoms with E-state index in [2.05, 4.69) is 79.1 Å². The molecule has 0 radical (unpaired) electrons. The summed E-state index contributed by atoms with van der Waals surface area (Å²) in [7, 11) is 0. The quantitative estimate of drug-likeness (QED) is 0.814. The van der Waals surface area contributed by atoms with Crippen LogP contribution in [-0.4, -0.2) is 16.1 Å². The first kappa shape index (κ1) is 15.6. The lowest BCUT2D eigenvalue weighted by Gasteiger charge is -2.17. The molecule has 1 unspecified atom stereocenters. The second-order valence-electron chi connectivity index (χ2n) is 6.26. The summed E-state index contributed by atoms with van der Waals surface area (Å²) in [6, 6.07) is 11.1. The lowest BCUT2D eigenvalue weighted by molar-refractivity contribution is 0.509. The maximum absolute atomic E-state index is 4.61. The van der Waals surface area contributed by atoms with E-state index in [-0.39, 0.29) is 0 Å². The average molecular weight is 285 g/mol. The molecule has 1 aromatic heterocycles. The van der Waals surface area contributed by atoms with Gasteiger partial charge in [-0.25, -0.2) is 4.98 Å². The zero-order chi connectivity index (χ0) is 15.2. The van der Waals surface area contributed by atoms with Gasteiger partial charge in [0.05, 0.1) is 5.69 Å². The molecule has 2 aromatic rings. The molecule has 0 saturated heterocycles. The largest absolute Gasteiger partial charge is 0.355 e. The molecule has 0 saturated carbocycles. The standard InChI is InChI=1S/C18H27N3/c1-14(2)12-19-18-20-15(3)13-21(18)16(4)10-11-17-8-6-5-7-9-17/h5-9,13-14,16H,10-12H2,1-4H3,(H,19,20). The highest BCUT2D eigenvalue weighted by Gasteiger charge is 2.12. The number of nitrogens with one attached hydrogen (secondary N) is 1. The molecule has 114 valence electrons. The van der Waals surface area contributed by atoms with E-state index < -0.39 is 0 Å². The van der Waals surface area contributed by atoms with Crippen molar-refractivity contribution in [2.24, 2.45) is 5.92 Å². The third-order valence-electron chi connectivity index (χ3n) is 3.69. The molecule has 1 atom stereocenters. The monoisotopic (exact) mass is 285 g/mol. The van der Waals surface area contributed by atoms with Gasteiger partial charge in [0.25, 0.3) is 0 Å². The Morgan fingerprint density at radius 1 is 1.14 bits per heavy atom. The number of aryl methyl sites for hydroxylation is 2. The number of hydrogen-bond donors (Lipinski definition) is 1.